The summed E-state index contributed by atoms with van der Waals surface area (Å²) in [6, 6.07) is 8.94. The Labute approximate surface area is 192 Å². The first-order valence-electron chi connectivity index (χ1n) is 11.3. The summed E-state index contributed by atoms with van der Waals surface area (Å²) in [4.78, 5) is 18.9. The van der Waals surface area contributed by atoms with Crippen molar-refractivity contribution in [3.05, 3.63) is 60.0 Å². The maximum Gasteiger partial charge on any atom is 0.389 e. The molecule has 33 heavy (non-hydrogen) atoms. The van der Waals surface area contributed by atoms with Gasteiger partial charge in [0, 0.05) is 43.2 Å². The zero-order chi connectivity index (χ0) is 24.2. The minimum absolute atomic E-state index is 0.122. The van der Waals surface area contributed by atoms with E-state index in [9.17, 15) is 18.0 Å². The molecule has 0 aliphatic heterocycles. The Morgan fingerprint density at radius 1 is 1.24 bits per heavy atom. The fourth-order valence-corrected chi connectivity index (χ4v) is 4.07. The number of rotatable bonds is 8. The highest BCUT2D eigenvalue weighted by atomic mass is 19.4. The van der Waals surface area contributed by atoms with Crippen LogP contribution in [0.1, 0.15) is 57.2 Å². The molecule has 0 aliphatic carbocycles. The van der Waals surface area contributed by atoms with E-state index in [0.717, 1.165) is 27.9 Å². The second-order valence-electron chi connectivity index (χ2n) is 8.36. The number of hydrogen-bond donors (Lipinski definition) is 1. The van der Waals surface area contributed by atoms with E-state index in [1.165, 1.54) is 0 Å². The number of carbonyl (C=O) groups is 1. The summed E-state index contributed by atoms with van der Waals surface area (Å²) in [5, 5.41) is 2.79. The van der Waals surface area contributed by atoms with Crippen molar-refractivity contribution in [2.75, 3.05) is 6.54 Å². The van der Waals surface area contributed by atoms with Gasteiger partial charge in [-0.25, -0.2) is 9.78 Å². The molecule has 0 bridgehead atoms. The second kappa shape index (κ2) is 10.3. The number of pyridine rings is 1. The number of amides is 2. The summed E-state index contributed by atoms with van der Waals surface area (Å²) >= 11 is 0. The predicted octanol–water partition coefficient (Wildman–Crippen LogP) is 6.52. The van der Waals surface area contributed by atoms with Crippen molar-refractivity contribution in [2.45, 2.75) is 65.2 Å². The van der Waals surface area contributed by atoms with Gasteiger partial charge >= 0.3 is 12.2 Å². The van der Waals surface area contributed by atoms with E-state index in [2.05, 4.69) is 16.4 Å². The maximum atomic E-state index is 12.9. The van der Waals surface area contributed by atoms with Crippen LogP contribution in [0.4, 0.5) is 18.0 Å². The molecule has 0 radical (unpaired) electrons. The average Bonchev–Trinajstić information content (AvgIpc) is 3.23. The minimum atomic E-state index is -4.23. The fourth-order valence-electron chi connectivity index (χ4n) is 4.07. The number of aromatic nitrogens is 2. The van der Waals surface area contributed by atoms with Crippen LogP contribution in [0.2, 0.25) is 0 Å². The molecule has 0 spiro atoms. The third-order valence-corrected chi connectivity index (χ3v) is 6.08. The molecule has 5 nitrogen and oxygen atoms in total. The molecule has 8 heteroatoms. The molecule has 2 atom stereocenters. The van der Waals surface area contributed by atoms with E-state index < -0.39 is 18.6 Å². The molecule has 3 rings (SSSR count). The SMILES string of the molecule is CCC(CCC(F)(F)F)NC(=O)N(CC)[C@H](C)c1cccc(-c2cn3ccnc3cc2C)c1. The van der Waals surface area contributed by atoms with Gasteiger partial charge in [-0.3, -0.25) is 0 Å². The predicted molar refractivity (Wildman–Crippen MR) is 124 cm³/mol. The summed E-state index contributed by atoms with van der Waals surface area (Å²) < 4.78 is 39.8. The highest BCUT2D eigenvalue weighted by Gasteiger charge is 2.29. The van der Waals surface area contributed by atoms with Gasteiger partial charge in [-0.05, 0) is 62.4 Å². The number of nitrogens with zero attached hydrogens (tertiary/aromatic N) is 3. The van der Waals surface area contributed by atoms with E-state index in [-0.39, 0.29) is 18.5 Å². The number of alkyl halides is 3. The lowest BCUT2D eigenvalue weighted by atomic mass is 9.98. The molecular weight excluding hydrogens is 429 g/mol. The molecule has 0 saturated heterocycles. The largest absolute Gasteiger partial charge is 0.389 e. The second-order valence-corrected chi connectivity index (χ2v) is 8.36. The van der Waals surface area contributed by atoms with E-state index >= 15 is 0 Å². The number of imidazole rings is 1. The molecule has 1 unspecified atom stereocenters. The van der Waals surface area contributed by atoms with Crippen LogP contribution in [-0.4, -0.2) is 39.1 Å². The number of carbonyl (C=O) groups excluding carboxylic acids is 1. The Morgan fingerprint density at radius 3 is 2.67 bits per heavy atom. The summed E-state index contributed by atoms with van der Waals surface area (Å²) in [6.07, 6.45) is 0.884. The van der Waals surface area contributed by atoms with E-state index in [4.69, 9.17) is 0 Å². The zero-order valence-electron chi connectivity index (χ0n) is 19.5. The van der Waals surface area contributed by atoms with Crippen LogP contribution in [0.25, 0.3) is 16.8 Å². The van der Waals surface area contributed by atoms with Crippen molar-refractivity contribution < 1.29 is 18.0 Å². The zero-order valence-corrected chi connectivity index (χ0v) is 19.5. The Bertz CT molecular complexity index is 1090. The lowest BCUT2D eigenvalue weighted by molar-refractivity contribution is -0.136. The van der Waals surface area contributed by atoms with Gasteiger partial charge in [0.05, 0.1) is 6.04 Å². The van der Waals surface area contributed by atoms with Gasteiger partial charge in [0.1, 0.15) is 5.65 Å². The van der Waals surface area contributed by atoms with Gasteiger partial charge < -0.3 is 14.6 Å². The number of benzene rings is 1. The monoisotopic (exact) mass is 460 g/mol. The molecular formula is C25H31F3N4O. The summed E-state index contributed by atoms with van der Waals surface area (Å²) in [7, 11) is 0. The molecule has 2 aromatic heterocycles. The number of urea groups is 1. The van der Waals surface area contributed by atoms with Gasteiger partial charge in [-0.1, -0.05) is 25.1 Å². The first-order valence-corrected chi connectivity index (χ1v) is 11.3. The molecule has 1 aromatic carbocycles. The number of aryl methyl sites for hydroxylation is 1. The molecule has 0 aliphatic rings. The molecule has 1 N–H and O–H groups in total. The summed E-state index contributed by atoms with van der Waals surface area (Å²) in [5.41, 5.74) is 5.03. The van der Waals surface area contributed by atoms with Crippen molar-refractivity contribution in [1.29, 1.82) is 0 Å². The van der Waals surface area contributed by atoms with Crippen LogP contribution in [-0.2, 0) is 0 Å². The minimum Gasteiger partial charge on any atom is -0.335 e. The molecule has 178 valence electrons. The van der Waals surface area contributed by atoms with Gasteiger partial charge in [0.15, 0.2) is 0 Å². The number of nitrogens with one attached hydrogen (secondary N) is 1. The Morgan fingerprint density at radius 2 is 2.00 bits per heavy atom. The van der Waals surface area contributed by atoms with Crippen LogP contribution < -0.4 is 5.32 Å². The van der Waals surface area contributed by atoms with E-state index in [0.29, 0.717) is 13.0 Å². The maximum absolute atomic E-state index is 12.9. The summed E-state index contributed by atoms with van der Waals surface area (Å²) in [6.45, 7) is 8.06. The first kappa shape index (κ1) is 24.6. The van der Waals surface area contributed by atoms with Gasteiger partial charge in [0.2, 0.25) is 0 Å². The third-order valence-electron chi connectivity index (χ3n) is 6.08. The van der Waals surface area contributed by atoms with Gasteiger partial charge in [-0.2, -0.15) is 13.2 Å². The lowest BCUT2D eigenvalue weighted by Gasteiger charge is -2.31. The lowest BCUT2D eigenvalue weighted by Crippen LogP contribution is -2.45. The Balaban J connectivity index is 1.79. The van der Waals surface area contributed by atoms with Gasteiger partial charge in [0.25, 0.3) is 0 Å². The Hall–Kier alpha value is -3.03. The molecule has 2 amide bonds. The van der Waals surface area contributed by atoms with E-state index in [1.807, 2.05) is 61.8 Å². The standard InChI is InChI=1S/C25H31F3N4O/c1-5-21(10-11-25(26,27)28)30-24(33)32(6-2)18(4)19-8-7-9-20(15-19)22-16-31-13-12-29-23(31)14-17(22)3/h7-9,12-16,18,21H,5-6,10-11H2,1-4H3,(H,30,33)/t18-,21?/m1/s1. The van der Waals surface area contributed by atoms with Crippen LogP contribution in [0.5, 0.6) is 0 Å². The fraction of sp³-hybridized carbons (Fsp3) is 0.440. The number of fused-ring (bicyclic) bond motifs is 1. The quantitative estimate of drug-likeness (QED) is 0.416. The van der Waals surface area contributed by atoms with Crippen LogP contribution >= 0.6 is 0 Å². The molecule has 3 aromatic rings. The Kier molecular flexibility index (Phi) is 7.66. The molecule has 0 fully saturated rings. The third kappa shape index (κ3) is 6.06. The number of halogens is 3. The highest BCUT2D eigenvalue weighted by molar-refractivity contribution is 5.75. The topological polar surface area (TPSA) is 49.6 Å². The normalized spacial score (nSPS) is 13.7. The highest BCUT2D eigenvalue weighted by Crippen LogP contribution is 2.29. The van der Waals surface area contributed by atoms with Crippen molar-refractivity contribution in [2.24, 2.45) is 0 Å². The van der Waals surface area contributed by atoms with Crippen LogP contribution in [0, 0.1) is 6.92 Å². The average molecular weight is 461 g/mol. The van der Waals surface area contributed by atoms with E-state index in [1.54, 1.807) is 18.0 Å². The van der Waals surface area contributed by atoms with Crippen molar-refractivity contribution in [3.8, 4) is 11.1 Å². The van der Waals surface area contributed by atoms with Crippen LogP contribution in [0.3, 0.4) is 0 Å². The van der Waals surface area contributed by atoms with Crippen molar-refractivity contribution >= 4 is 11.7 Å². The van der Waals surface area contributed by atoms with Gasteiger partial charge in [-0.15, -0.1) is 0 Å². The molecule has 0 saturated carbocycles. The van der Waals surface area contributed by atoms with Crippen LogP contribution in [0.15, 0.2) is 48.9 Å². The summed E-state index contributed by atoms with van der Waals surface area (Å²) in [5.74, 6) is 0. The van der Waals surface area contributed by atoms with Crippen molar-refractivity contribution in [3.63, 3.8) is 0 Å². The first-order chi connectivity index (χ1) is 15.6. The smallest absolute Gasteiger partial charge is 0.335 e. The molecule has 2 heterocycles. The number of hydrogen-bond acceptors (Lipinski definition) is 2. The van der Waals surface area contributed by atoms with Crippen molar-refractivity contribution in [1.82, 2.24) is 19.6 Å².